The summed E-state index contributed by atoms with van der Waals surface area (Å²) >= 11 is 9.22. The first-order chi connectivity index (χ1) is 7.65. The van der Waals surface area contributed by atoms with Crippen LogP contribution in [0.1, 0.15) is 19.3 Å². The van der Waals surface area contributed by atoms with E-state index in [9.17, 15) is 5.11 Å². The van der Waals surface area contributed by atoms with Crippen LogP contribution in [-0.4, -0.2) is 22.7 Å². The van der Waals surface area contributed by atoms with Gasteiger partial charge >= 0.3 is 0 Å². The van der Waals surface area contributed by atoms with Crippen LogP contribution in [0.25, 0.3) is 0 Å². The molecule has 0 aliphatic heterocycles. The molecule has 0 unspecified atom stereocenters. The molecular formula is C11H14BrClN2O. The van der Waals surface area contributed by atoms with E-state index in [2.05, 4.69) is 26.2 Å². The second kappa shape index (κ2) is 5.34. The fraction of sp³-hybridized carbons (Fsp3) is 0.545. The van der Waals surface area contributed by atoms with Crippen LogP contribution in [0.2, 0.25) is 5.02 Å². The van der Waals surface area contributed by atoms with Gasteiger partial charge in [-0.1, -0.05) is 11.6 Å². The summed E-state index contributed by atoms with van der Waals surface area (Å²) < 4.78 is 0.874. The highest BCUT2D eigenvalue weighted by Gasteiger charge is 2.22. The molecular weight excluding hydrogens is 291 g/mol. The van der Waals surface area contributed by atoms with Crippen molar-refractivity contribution in [3.8, 4) is 0 Å². The Morgan fingerprint density at radius 1 is 1.56 bits per heavy atom. The van der Waals surface area contributed by atoms with Crippen LogP contribution in [0.4, 0.5) is 5.82 Å². The van der Waals surface area contributed by atoms with Gasteiger partial charge in [-0.05, 0) is 47.2 Å². The van der Waals surface area contributed by atoms with Crippen molar-refractivity contribution >= 4 is 33.3 Å². The summed E-state index contributed by atoms with van der Waals surface area (Å²) in [5.74, 6) is 1.35. The first-order valence-electron chi connectivity index (χ1n) is 5.38. The van der Waals surface area contributed by atoms with E-state index in [0.717, 1.165) is 36.1 Å². The average Bonchev–Trinajstić information content (AvgIpc) is 2.63. The van der Waals surface area contributed by atoms with Gasteiger partial charge in [-0.15, -0.1) is 0 Å². The molecule has 1 aliphatic rings. The second-order valence-corrected chi connectivity index (χ2v) is 5.49. The second-order valence-electron chi connectivity index (χ2n) is 4.20. The predicted molar refractivity (Wildman–Crippen MR) is 68.8 cm³/mol. The van der Waals surface area contributed by atoms with Gasteiger partial charge in [0.1, 0.15) is 5.82 Å². The quantitative estimate of drug-likeness (QED) is 0.902. The SMILES string of the molecule is O[C@@H]1CC[C@@H](CNc2ncc(Cl)cc2Br)C1. The average molecular weight is 306 g/mol. The van der Waals surface area contributed by atoms with Crippen LogP contribution < -0.4 is 5.32 Å². The molecule has 3 nitrogen and oxygen atoms in total. The standard InChI is InChI=1S/C11H14BrClN2O/c12-10-4-8(13)6-15-11(10)14-5-7-1-2-9(16)3-7/h4,6-7,9,16H,1-3,5H2,(H,14,15)/t7-,9-/m1/s1. The Bertz CT molecular complexity index is 375. The molecule has 16 heavy (non-hydrogen) atoms. The number of halogens is 2. The van der Waals surface area contributed by atoms with Crippen LogP contribution in [0.15, 0.2) is 16.7 Å². The van der Waals surface area contributed by atoms with Crippen molar-refractivity contribution in [2.45, 2.75) is 25.4 Å². The zero-order chi connectivity index (χ0) is 11.5. The number of anilines is 1. The number of aliphatic hydroxyl groups is 1. The van der Waals surface area contributed by atoms with Crippen molar-refractivity contribution in [3.05, 3.63) is 21.8 Å². The molecule has 1 heterocycles. The van der Waals surface area contributed by atoms with Crippen molar-refractivity contribution in [2.24, 2.45) is 5.92 Å². The number of pyridine rings is 1. The van der Waals surface area contributed by atoms with Gasteiger partial charge in [-0.3, -0.25) is 0 Å². The molecule has 0 bridgehead atoms. The molecule has 0 radical (unpaired) electrons. The molecule has 1 fully saturated rings. The normalized spacial score (nSPS) is 24.7. The summed E-state index contributed by atoms with van der Waals surface area (Å²) in [5.41, 5.74) is 0. The lowest BCUT2D eigenvalue weighted by molar-refractivity contribution is 0.178. The van der Waals surface area contributed by atoms with E-state index >= 15 is 0 Å². The molecule has 2 atom stereocenters. The minimum atomic E-state index is -0.117. The summed E-state index contributed by atoms with van der Waals surface area (Å²) in [6.07, 6.45) is 4.39. The van der Waals surface area contributed by atoms with Crippen molar-refractivity contribution in [1.29, 1.82) is 0 Å². The molecule has 1 saturated carbocycles. The lowest BCUT2D eigenvalue weighted by Gasteiger charge is -2.12. The van der Waals surface area contributed by atoms with Crippen molar-refractivity contribution in [1.82, 2.24) is 4.98 Å². The maximum atomic E-state index is 9.42. The minimum absolute atomic E-state index is 0.117. The highest BCUT2D eigenvalue weighted by molar-refractivity contribution is 9.10. The summed E-state index contributed by atoms with van der Waals surface area (Å²) in [6.45, 7) is 0.851. The van der Waals surface area contributed by atoms with Gasteiger partial charge in [-0.2, -0.15) is 0 Å². The van der Waals surface area contributed by atoms with Crippen molar-refractivity contribution in [2.75, 3.05) is 11.9 Å². The van der Waals surface area contributed by atoms with Crippen molar-refractivity contribution in [3.63, 3.8) is 0 Å². The highest BCUT2D eigenvalue weighted by atomic mass is 79.9. The highest BCUT2D eigenvalue weighted by Crippen LogP contribution is 2.27. The van der Waals surface area contributed by atoms with Crippen LogP contribution in [0.3, 0.4) is 0 Å². The number of hydrogen-bond donors (Lipinski definition) is 2. The first-order valence-corrected chi connectivity index (χ1v) is 6.55. The molecule has 1 aromatic rings. The number of rotatable bonds is 3. The Morgan fingerprint density at radius 2 is 2.38 bits per heavy atom. The Kier molecular flexibility index (Phi) is 4.05. The van der Waals surface area contributed by atoms with E-state index in [1.54, 1.807) is 6.20 Å². The van der Waals surface area contributed by atoms with Gasteiger partial charge in [0.25, 0.3) is 0 Å². The zero-order valence-electron chi connectivity index (χ0n) is 8.79. The maximum Gasteiger partial charge on any atom is 0.140 e. The van der Waals surface area contributed by atoms with Gasteiger partial charge in [-0.25, -0.2) is 4.98 Å². The lowest BCUT2D eigenvalue weighted by Crippen LogP contribution is -2.13. The molecule has 2 N–H and O–H groups in total. The third-order valence-corrected chi connectivity index (χ3v) is 3.69. The summed E-state index contributed by atoms with van der Waals surface area (Å²) in [4.78, 5) is 4.21. The number of nitrogens with one attached hydrogen (secondary N) is 1. The van der Waals surface area contributed by atoms with E-state index in [-0.39, 0.29) is 6.10 Å². The minimum Gasteiger partial charge on any atom is -0.393 e. The number of hydrogen-bond acceptors (Lipinski definition) is 3. The molecule has 88 valence electrons. The third-order valence-electron chi connectivity index (χ3n) is 2.88. The van der Waals surface area contributed by atoms with E-state index in [4.69, 9.17) is 11.6 Å². The van der Waals surface area contributed by atoms with Gasteiger partial charge in [0.15, 0.2) is 0 Å². The van der Waals surface area contributed by atoms with Crippen LogP contribution in [0, 0.1) is 5.92 Å². The molecule has 0 saturated heterocycles. The third kappa shape index (κ3) is 3.09. The topological polar surface area (TPSA) is 45.1 Å². The molecule has 0 aromatic carbocycles. The smallest absolute Gasteiger partial charge is 0.140 e. The number of nitrogens with zero attached hydrogens (tertiary/aromatic N) is 1. The van der Waals surface area contributed by atoms with E-state index in [1.165, 1.54) is 0 Å². The van der Waals surface area contributed by atoms with Gasteiger partial charge in [0, 0.05) is 12.7 Å². The number of aromatic nitrogens is 1. The maximum absolute atomic E-state index is 9.42. The first kappa shape index (κ1) is 12.1. The van der Waals surface area contributed by atoms with Gasteiger partial charge in [0.05, 0.1) is 15.6 Å². The zero-order valence-corrected chi connectivity index (χ0v) is 11.1. The summed E-state index contributed by atoms with van der Waals surface area (Å²) in [7, 11) is 0. The van der Waals surface area contributed by atoms with Crippen LogP contribution >= 0.6 is 27.5 Å². The Hall–Kier alpha value is -0.320. The predicted octanol–water partition coefficient (Wildman–Crippen LogP) is 3.07. The monoisotopic (exact) mass is 304 g/mol. The van der Waals surface area contributed by atoms with E-state index in [0.29, 0.717) is 10.9 Å². The molecule has 0 amide bonds. The molecule has 0 spiro atoms. The Morgan fingerprint density at radius 3 is 3.00 bits per heavy atom. The largest absolute Gasteiger partial charge is 0.393 e. The number of aliphatic hydroxyl groups excluding tert-OH is 1. The van der Waals surface area contributed by atoms with Gasteiger partial charge in [0.2, 0.25) is 0 Å². The van der Waals surface area contributed by atoms with E-state index in [1.807, 2.05) is 6.07 Å². The Labute approximate surface area is 108 Å². The molecule has 1 aliphatic carbocycles. The fourth-order valence-electron chi connectivity index (χ4n) is 2.02. The van der Waals surface area contributed by atoms with Crippen LogP contribution in [0.5, 0.6) is 0 Å². The molecule has 2 rings (SSSR count). The molecule has 1 aromatic heterocycles. The Balaban J connectivity index is 1.89. The van der Waals surface area contributed by atoms with Crippen molar-refractivity contribution < 1.29 is 5.11 Å². The van der Waals surface area contributed by atoms with Crippen LogP contribution in [-0.2, 0) is 0 Å². The fourth-order valence-corrected chi connectivity index (χ4v) is 2.80. The van der Waals surface area contributed by atoms with E-state index < -0.39 is 0 Å². The summed E-state index contributed by atoms with van der Waals surface area (Å²) in [6, 6.07) is 1.82. The summed E-state index contributed by atoms with van der Waals surface area (Å²) in [5, 5.41) is 13.3. The van der Waals surface area contributed by atoms with Gasteiger partial charge < -0.3 is 10.4 Å². The molecule has 5 heteroatoms. The lowest BCUT2D eigenvalue weighted by atomic mass is 10.1.